The van der Waals surface area contributed by atoms with E-state index in [0.717, 1.165) is 26.1 Å². The van der Waals surface area contributed by atoms with Gasteiger partial charge in [-0.15, -0.1) is 0 Å². The second-order valence-corrected chi connectivity index (χ2v) is 6.39. The second-order valence-electron chi connectivity index (χ2n) is 6.39. The summed E-state index contributed by atoms with van der Waals surface area (Å²) in [4.78, 5) is 14.8. The Morgan fingerprint density at radius 2 is 1.86 bits per heavy atom. The quantitative estimate of drug-likeness (QED) is 0.923. The molecule has 3 nitrogen and oxygen atoms in total. The number of rotatable bonds is 4. The molecule has 1 aromatic rings. The molecule has 1 aromatic carbocycles. The predicted molar refractivity (Wildman–Crippen MR) is 85.1 cm³/mol. The zero-order valence-electron chi connectivity index (χ0n) is 12.8. The van der Waals surface area contributed by atoms with Crippen molar-refractivity contribution in [1.82, 2.24) is 10.2 Å². The third-order valence-corrected chi connectivity index (χ3v) is 4.96. The van der Waals surface area contributed by atoms with Crippen molar-refractivity contribution in [3.8, 4) is 0 Å². The summed E-state index contributed by atoms with van der Waals surface area (Å²) >= 11 is 0. The maximum absolute atomic E-state index is 12.7. The summed E-state index contributed by atoms with van der Waals surface area (Å²) < 4.78 is 0. The molecule has 1 heterocycles. The highest BCUT2D eigenvalue weighted by Gasteiger charge is 2.34. The van der Waals surface area contributed by atoms with Crippen LogP contribution in [0.1, 0.15) is 37.7 Å². The molecule has 0 unspecified atom stereocenters. The molecule has 0 spiro atoms. The maximum Gasteiger partial charge on any atom is 0.240 e. The molecule has 3 rings (SSSR count). The van der Waals surface area contributed by atoms with Gasteiger partial charge in [-0.05, 0) is 30.7 Å². The number of piperazine rings is 1. The van der Waals surface area contributed by atoms with Gasteiger partial charge in [0, 0.05) is 19.6 Å². The van der Waals surface area contributed by atoms with E-state index in [9.17, 15) is 4.79 Å². The molecule has 114 valence electrons. The highest BCUT2D eigenvalue weighted by molar-refractivity contribution is 5.83. The van der Waals surface area contributed by atoms with E-state index in [1.165, 1.54) is 37.7 Å². The Hall–Kier alpha value is -1.35. The third kappa shape index (κ3) is 3.65. The van der Waals surface area contributed by atoms with Gasteiger partial charge in [0.2, 0.25) is 5.91 Å². The fourth-order valence-electron chi connectivity index (χ4n) is 3.72. The molecule has 21 heavy (non-hydrogen) atoms. The number of nitrogens with one attached hydrogen (secondary N) is 1. The molecule has 2 aliphatic rings. The molecule has 1 saturated heterocycles. The van der Waals surface area contributed by atoms with Crippen LogP contribution in [0.4, 0.5) is 0 Å². The maximum atomic E-state index is 12.7. The average Bonchev–Trinajstić information content (AvgIpc) is 2.56. The Kier molecular flexibility index (Phi) is 4.91. The lowest BCUT2D eigenvalue weighted by Gasteiger charge is -2.38. The Bertz CT molecular complexity index is 454. The largest absolute Gasteiger partial charge is 0.340 e. The molecule has 1 atom stereocenters. The van der Waals surface area contributed by atoms with E-state index in [0.29, 0.717) is 11.8 Å². The van der Waals surface area contributed by atoms with Crippen molar-refractivity contribution in [3.05, 3.63) is 35.9 Å². The summed E-state index contributed by atoms with van der Waals surface area (Å²) in [6.45, 7) is 2.66. The summed E-state index contributed by atoms with van der Waals surface area (Å²) in [5.74, 6) is 0.898. The van der Waals surface area contributed by atoms with Crippen molar-refractivity contribution >= 4 is 5.91 Å². The van der Waals surface area contributed by atoms with Crippen molar-refractivity contribution in [2.75, 3.05) is 19.6 Å². The van der Waals surface area contributed by atoms with E-state index >= 15 is 0 Å². The zero-order chi connectivity index (χ0) is 14.5. The van der Waals surface area contributed by atoms with Crippen LogP contribution in [-0.4, -0.2) is 36.5 Å². The van der Waals surface area contributed by atoms with Crippen LogP contribution < -0.4 is 5.32 Å². The van der Waals surface area contributed by atoms with Crippen LogP contribution in [0.15, 0.2) is 30.3 Å². The molecule has 1 N–H and O–H groups in total. The van der Waals surface area contributed by atoms with Crippen molar-refractivity contribution in [2.24, 2.45) is 5.92 Å². The lowest BCUT2D eigenvalue weighted by atomic mass is 9.82. The molecular formula is C18H26N2O. The minimum absolute atomic E-state index is 0.0785. The van der Waals surface area contributed by atoms with Gasteiger partial charge in [-0.2, -0.15) is 0 Å². The van der Waals surface area contributed by atoms with Gasteiger partial charge in [-0.1, -0.05) is 49.6 Å². The molecule has 3 heteroatoms. The van der Waals surface area contributed by atoms with E-state index in [4.69, 9.17) is 0 Å². The lowest BCUT2D eigenvalue weighted by molar-refractivity contribution is -0.137. The third-order valence-electron chi connectivity index (χ3n) is 4.96. The summed E-state index contributed by atoms with van der Waals surface area (Å²) in [6.07, 6.45) is 7.32. The van der Waals surface area contributed by atoms with E-state index in [1.807, 2.05) is 6.07 Å². The first-order chi connectivity index (χ1) is 10.3. The first-order valence-electron chi connectivity index (χ1n) is 8.41. The van der Waals surface area contributed by atoms with Crippen molar-refractivity contribution in [3.63, 3.8) is 0 Å². The lowest BCUT2D eigenvalue weighted by Crippen LogP contribution is -2.58. The van der Waals surface area contributed by atoms with Gasteiger partial charge in [0.05, 0.1) is 6.04 Å². The van der Waals surface area contributed by atoms with E-state index in [1.54, 1.807) is 0 Å². The Morgan fingerprint density at radius 3 is 2.62 bits per heavy atom. The van der Waals surface area contributed by atoms with Crippen LogP contribution in [0, 0.1) is 5.92 Å². The Balaban J connectivity index is 1.57. The second kappa shape index (κ2) is 7.08. The molecule has 1 aliphatic carbocycles. The van der Waals surface area contributed by atoms with Gasteiger partial charge in [0.25, 0.3) is 0 Å². The molecule has 1 amide bonds. The fraction of sp³-hybridized carbons (Fsp3) is 0.611. The van der Waals surface area contributed by atoms with Gasteiger partial charge in [-0.25, -0.2) is 0 Å². The molecular weight excluding hydrogens is 260 g/mol. The van der Waals surface area contributed by atoms with Crippen LogP contribution in [0.5, 0.6) is 0 Å². The van der Waals surface area contributed by atoms with Gasteiger partial charge in [-0.3, -0.25) is 4.79 Å². The normalized spacial score (nSPS) is 24.3. The number of carbonyl (C=O) groups excluding carboxylic acids is 1. The Morgan fingerprint density at radius 1 is 1.10 bits per heavy atom. The van der Waals surface area contributed by atoms with Crippen molar-refractivity contribution in [1.29, 1.82) is 0 Å². The number of nitrogens with zero attached hydrogens (tertiary/aromatic N) is 1. The SMILES string of the molecule is O=C1[C@@H](C2CCCCC2)NCCN1CCc1ccccc1. The first-order valence-corrected chi connectivity index (χ1v) is 8.41. The van der Waals surface area contributed by atoms with Crippen LogP contribution in [0.3, 0.4) is 0 Å². The van der Waals surface area contributed by atoms with E-state index < -0.39 is 0 Å². The predicted octanol–water partition coefficient (Wildman–Crippen LogP) is 2.61. The number of hydrogen-bond donors (Lipinski definition) is 1. The summed E-state index contributed by atoms with van der Waals surface area (Å²) in [7, 11) is 0. The summed E-state index contributed by atoms with van der Waals surface area (Å²) in [6, 6.07) is 10.5. The molecule has 0 bridgehead atoms. The first kappa shape index (κ1) is 14.6. The molecule has 0 aromatic heterocycles. The zero-order valence-corrected chi connectivity index (χ0v) is 12.8. The van der Waals surface area contributed by atoms with Gasteiger partial charge in [0.1, 0.15) is 0 Å². The number of hydrogen-bond acceptors (Lipinski definition) is 2. The molecule has 0 radical (unpaired) electrons. The number of benzene rings is 1. The average molecular weight is 286 g/mol. The van der Waals surface area contributed by atoms with Crippen LogP contribution in [0.25, 0.3) is 0 Å². The van der Waals surface area contributed by atoms with Crippen LogP contribution in [-0.2, 0) is 11.2 Å². The monoisotopic (exact) mass is 286 g/mol. The molecule has 2 fully saturated rings. The van der Waals surface area contributed by atoms with Gasteiger partial charge in [0.15, 0.2) is 0 Å². The number of carbonyl (C=O) groups is 1. The standard InChI is InChI=1S/C18H26N2O/c21-18-17(16-9-5-2-6-10-16)19-12-14-20(18)13-11-15-7-3-1-4-8-15/h1,3-4,7-8,16-17,19H,2,5-6,9-14H2/t17-/m1/s1. The molecule has 1 saturated carbocycles. The van der Waals surface area contributed by atoms with Gasteiger partial charge >= 0.3 is 0 Å². The summed E-state index contributed by atoms with van der Waals surface area (Å²) in [5, 5.41) is 3.48. The smallest absolute Gasteiger partial charge is 0.240 e. The van der Waals surface area contributed by atoms with Gasteiger partial charge < -0.3 is 10.2 Å². The number of amides is 1. The topological polar surface area (TPSA) is 32.3 Å². The van der Waals surface area contributed by atoms with E-state index in [2.05, 4.69) is 34.5 Å². The van der Waals surface area contributed by atoms with Crippen LogP contribution in [0.2, 0.25) is 0 Å². The highest BCUT2D eigenvalue weighted by atomic mass is 16.2. The summed E-state index contributed by atoms with van der Waals surface area (Å²) in [5.41, 5.74) is 1.32. The molecule has 1 aliphatic heterocycles. The van der Waals surface area contributed by atoms with E-state index in [-0.39, 0.29) is 6.04 Å². The highest BCUT2D eigenvalue weighted by Crippen LogP contribution is 2.28. The minimum Gasteiger partial charge on any atom is -0.340 e. The fourth-order valence-corrected chi connectivity index (χ4v) is 3.72. The van der Waals surface area contributed by atoms with Crippen molar-refractivity contribution in [2.45, 2.75) is 44.6 Å². The Labute approximate surface area is 127 Å². The van der Waals surface area contributed by atoms with Crippen LogP contribution >= 0.6 is 0 Å². The van der Waals surface area contributed by atoms with Crippen molar-refractivity contribution < 1.29 is 4.79 Å². The minimum atomic E-state index is 0.0785.